The predicted molar refractivity (Wildman–Crippen MR) is 155 cm³/mol. The lowest BCUT2D eigenvalue weighted by molar-refractivity contribution is -0.343. The molecule has 2 aliphatic heterocycles. The molecule has 2 fully saturated rings. The van der Waals surface area contributed by atoms with Gasteiger partial charge in [0.15, 0.2) is 6.29 Å². The Bertz CT molecular complexity index is 1300. The lowest BCUT2D eigenvalue weighted by Gasteiger charge is -2.49. The van der Waals surface area contributed by atoms with Crippen LogP contribution in [0.5, 0.6) is 0 Å². The van der Waals surface area contributed by atoms with Crippen molar-refractivity contribution in [3.63, 3.8) is 0 Å². The molecular formula is C35H36O6. The van der Waals surface area contributed by atoms with Gasteiger partial charge in [0.05, 0.1) is 33.0 Å². The van der Waals surface area contributed by atoms with Crippen molar-refractivity contribution in [3.05, 3.63) is 144 Å². The van der Waals surface area contributed by atoms with E-state index in [1.165, 1.54) is 0 Å². The molecule has 2 saturated heterocycles. The van der Waals surface area contributed by atoms with Crippen LogP contribution in [0.2, 0.25) is 0 Å². The highest BCUT2D eigenvalue weighted by Crippen LogP contribution is 2.37. The Kier molecular flexibility index (Phi) is 9.50. The molecule has 212 valence electrons. The van der Waals surface area contributed by atoms with Gasteiger partial charge in [0.2, 0.25) is 0 Å². The Hall–Kier alpha value is -3.36. The average Bonchev–Trinajstić information content (AvgIpc) is 3.04. The van der Waals surface area contributed by atoms with E-state index in [0.717, 1.165) is 22.3 Å². The first-order chi connectivity index (χ1) is 20.3. The van der Waals surface area contributed by atoms with Crippen molar-refractivity contribution in [2.24, 2.45) is 0 Å². The van der Waals surface area contributed by atoms with Crippen LogP contribution in [0.1, 0.15) is 28.5 Å². The van der Waals surface area contributed by atoms with Gasteiger partial charge in [-0.2, -0.15) is 0 Å². The van der Waals surface area contributed by atoms with Crippen LogP contribution in [0.4, 0.5) is 0 Å². The average molecular weight is 553 g/mol. The number of hydrogen-bond donors (Lipinski definition) is 0. The van der Waals surface area contributed by atoms with Crippen molar-refractivity contribution in [1.29, 1.82) is 0 Å². The van der Waals surface area contributed by atoms with Gasteiger partial charge in [-0.15, -0.1) is 0 Å². The fourth-order valence-electron chi connectivity index (χ4n) is 5.36. The number of rotatable bonds is 11. The number of ether oxygens (including phenoxy) is 6. The van der Waals surface area contributed by atoms with Crippen LogP contribution >= 0.6 is 0 Å². The first-order valence-corrected chi connectivity index (χ1v) is 14.2. The van der Waals surface area contributed by atoms with E-state index >= 15 is 0 Å². The molecule has 0 saturated carbocycles. The highest BCUT2D eigenvalue weighted by atomic mass is 16.7. The Morgan fingerprint density at radius 2 is 1.07 bits per heavy atom. The van der Waals surface area contributed by atoms with Crippen molar-refractivity contribution in [1.82, 2.24) is 0 Å². The largest absolute Gasteiger partial charge is 0.374 e. The van der Waals surface area contributed by atoms with Crippen LogP contribution in [-0.4, -0.2) is 43.7 Å². The molecule has 4 aromatic carbocycles. The third kappa shape index (κ3) is 7.29. The Labute approximate surface area is 241 Å². The zero-order chi connectivity index (χ0) is 27.7. The maximum Gasteiger partial charge on any atom is 0.184 e. The maximum atomic E-state index is 6.68. The highest BCUT2D eigenvalue weighted by molar-refractivity contribution is 5.18. The molecule has 2 heterocycles. The minimum atomic E-state index is -0.510. The molecule has 6 heteroatoms. The van der Waals surface area contributed by atoms with Crippen molar-refractivity contribution < 1.29 is 28.4 Å². The van der Waals surface area contributed by atoms with E-state index < -0.39 is 18.5 Å². The van der Waals surface area contributed by atoms with Gasteiger partial charge >= 0.3 is 0 Å². The van der Waals surface area contributed by atoms with Crippen LogP contribution in [0.25, 0.3) is 0 Å². The number of fused-ring (bicyclic) bond motifs is 1. The minimum Gasteiger partial charge on any atom is -0.374 e. The predicted octanol–water partition coefficient (Wildman–Crippen LogP) is 6.26. The van der Waals surface area contributed by atoms with E-state index in [2.05, 4.69) is 36.4 Å². The molecule has 2 aliphatic rings. The van der Waals surface area contributed by atoms with Crippen molar-refractivity contribution in [3.8, 4) is 0 Å². The monoisotopic (exact) mass is 552 g/mol. The lowest BCUT2D eigenvalue weighted by Crippen LogP contribution is -2.64. The van der Waals surface area contributed by atoms with E-state index in [1.807, 2.05) is 84.9 Å². The summed E-state index contributed by atoms with van der Waals surface area (Å²) in [5.74, 6) is 0. The van der Waals surface area contributed by atoms with Gasteiger partial charge in [-0.1, -0.05) is 121 Å². The van der Waals surface area contributed by atoms with Gasteiger partial charge in [0.1, 0.15) is 30.5 Å². The van der Waals surface area contributed by atoms with E-state index in [4.69, 9.17) is 28.4 Å². The molecule has 0 bridgehead atoms. The van der Waals surface area contributed by atoms with Gasteiger partial charge < -0.3 is 28.4 Å². The summed E-state index contributed by atoms with van der Waals surface area (Å²) in [6, 6.07) is 40.4. The second-order valence-electron chi connectivity index (χ2n) is 10.4. The van der Waals surface area contributed by atoms with E-state index in [-0.39, 0.29) is 18.3 Å². The summed E-state index contributed by atoms with van der Waals surface area (Å²) >= 11 is 0. The summed E-state index contributed by atoms with van der Waals surface area (Å²) < 4.78 is 38.8. The molecule has 4 unspecified atom stereocenters. The molecule has 0 spiro atoms. The SMILES string of the molecule is c1ccc(COC[C@H]2O[C@H]3COC(c4ccccc4)OC3C(OCc3ccccc3)C2OCc2ccccc2)cc1. The lowest BCUT2D eigenvalue weighted by atomic mass is 9.93. The van der Waals surface area contributed by atoms with Gasteiger partial charge in [0.25, 0.3) is 0 Å². The Morgan fingerprint density at radius 1 is 0.561 bits per heavy atom. The van der Waals surface area contributed by atoms with E-state index in [1.54, 1.807) is 0 Å². The summed E-state index contributed by atoms with van der Waals surface area (Å²) in [7, 11) is 0. The van der Waals surface area contributed by atoms with Crippen LogP contribution in [-0.2, 0) is 48.2 Å². The molecule has 0 amide bonds. The highest BCUT2D eigenvalue weighted by Gasteiger charge is 2.51. The molecule has 0 aromatic heterocycles. The molecule has 6 atom stereocenters. The van der Waals surface area contributed by atoms with Crippen LogP contribution in [0.3, 0.4) is 0 Å². The summed E-state index contributed by atoms with van der Waals surface area (Å²) in [5.41, 5.74) is 4.23. The Balaban J connectivity index is 1.25. The minimum absolute atomic E-state index is 0.322. The van der Waals surface area contributed by atoms with Crippen molar-refractivity contribution in [2.45, 2.75) is 56.6 Å². The van der Waals surface area contributed by atoms with Crippen molar-refractivity contribution >= 4 is 0 Å². The molecular weight excluding hydrogens is 516 g/mol. The number of benzene rings is 4. The second-order valence-corrected chi connectivity index (χ2v) is 10.4. The van der Waals surface area contributed by atoms with Crippen LogP contribution < -0.4 is 0 Å². The zero-order valence-corrected chi connectivity index (χ0v) is 23.0. The summed E-state index contributed by atoms with van der Waals surface area (Å²) in [6.45, 7) is 2.07. The summed E-state index contributed by atoms with van der Waals surface area (Å²) in [6.07, 6.45) is -2.42. The normalized spacial score (nSPS) is 25.9. The first-order valence-electron chi connectivity index (χ1n) is 14.2. The van der Waals surface area contributed by atoms with Crippen LogP contribution in [0.15, 0.2) is 121 Å². The first kappa shape index (κ1) is 27.8. The van der Waals surface area contributed by atoms with E-state index in [9.17, 15) is 0 Å². The molecule has 41 heavy (non-hydrogen) atoms. The third-order valence-corrected chi connectivity index (χ3v) is 7.46. The molecule has 0 N–H and O–H groups in total. The Morgan fingerprint density at radius 3 is 1.66 bits per heavy atom. The van der Waals surface area contributed by atoms with Gasteiger partial charge in [-0.05, 0) is 16.7 Å². The van der Waals surface area contributed by atoms with Gasteiger partial charge in [0, 0.05) is 5.56 Å². The third-order valence-electron chi connectivity index (χ3n) is 7.46. The summed E-state index contributed by atoms with van der Waals surface area (Å²) in [5, 5.41) is 0. The molecule has 6 rings (SSSR count). The fraction of sp³-hybridized carbons (Fsp3) is 0.314. The van der Waals surface area contributed by atoms with E-state index in [0.29, 0.717) is 33.0 Å². The van der Waals surface area contributed by atoms with Crippen LogP contribution in [0, 0.1) is 0 Å². The van der Waals surface area contributed by atoms with Gasteiger partial charge in [-0.25, -0.2) is 0 Å². The van der Waals surface area contributed by atoms with Gasteiger partial charge in [-0.3, -0.25) is 0 Å². The topological polar surface area (TPSA) is 55.4 Å². The fourth-order valence-corrected chi connectivity index (χ4v) is 5.36. The molecule has 4 aromatic rings. The maximum absolute atomic E-state index is 6.68. The van der Waals surface area contributed by atoms with Crippen molar-refractivity contribution in [2.75, 3.05) is 13.2 Å². The second kappa shape index (κ2) is 14.0. The molecule has 6 nitrogen and oxygen atoms in total. The zero-order valence-electron chi connectivity index (χ0n) is 23.0. The quantitative estimate of drug-likeness (QED) is 0.219. The molecule has 0 aliphatic carbocycles. The smallest absolute Gasteiger partial charge is 0.184 e. The summed E-state index contributed by atoms with van der Waals surface area (Å²) in [4.78, 5) is 0. The standard InChI is InChI=1S/C35H36O6/c1-5-13-26(14-6-1)21-36-24-30-32(37-22-27-15-7-2-8-16-27)34(38-23-28-17-9-3-10-18-28)33-31(40-30)25-39-35(41-33)29-19-11-4-12-20-29/h1-20,30-35H,21-25H2/t30-,31+,32?,33?,34?,35?/m1/s1. The number of hydrogen-bond acceptors (Lipinski definition) is 6. The molecule has 0 radical (unpaired) electrons.